The van der Waals surface area contributed by atoms with Crippen LogP contribution >= 0.6 is 0 Å². The number of benzene rings is 6. The van der Waals surface area contributed by atoms with Crippen molar-refractivity contribution in [2.45, 2.75) is 19.8 Å². The number of carbonyl (C=O) groups is 1. The molecule has 0 amide bonds. The van der Waals surface area contributed by atoms with E-state index in [2.05, 4.69) is 115 Å². The van der Waals surface area contributed by atoms with E-state index in [9.17, 15) is 9.90 Å². The summed E-state index contributed by atoms with van der Waals surface area (Å²) in [6, 6.07) is 62.6. The van der Waals surface area contributed by atoms with Gasteiger partial charge in [0.2, 0.25) is 0 Å². The molecule has 8 rings (SSSR count). The molecule has 1 N–H and O–H groups in total. The van der Waals surface area contributed by atoms with E-state index in [1.54, 1.807) is 0 Å². The number of hydrogen-bond acceptors (Lipinski definition) is 4. The molecule has 0 aliphatic carbocycles. The number of nitrogens with zero attached hydrogens (tertiary/aromatic N) is 2. The van der Waals surface area contributed by atoms with Crippen LogP contribution in [-0.2, 0) is 31.3 Å². The summed E-state index contributed by atoms with van der Waals surface area (Å²) in [4.78, 5) is 22.3. The smallest absolute Gasteiger partial charge is 0.159 e. The van der Waals surface area contributed by atoms with Crippen LogP contribution in [0, 0.1) is 12.1 Å². The molecular weight excluding hydrogens is 877 g/mol. The summed E-state index contributed by atoms with van der Waals surface area (Å²) in [7, 11) is 0. The molecule has 0 saturated carbocycles. The number of ketones is 1. The molecule has 0 fully saturated rings. The van der Waals surface area contributed by atoms with Crippen molar-refractivity contribution in [1.29, 1.82) is 0 Å². The van der Waals surface area contributed by atoms with Gasteiger partial charge >= 0.3 is 0 Å². The average Bonchev–Trinajstić information content (AvgIpc) is 3.26. The molecule has 1 radical (unpaired) electrons. The molecule has 0 bridgehead atoms. The van der Waals surface area contributed by atoms with E-state index in [0.29, 0.717) is 12.8 Å². The zero-order chi connectivity index (χ0) is 38.3. The Morgan fingerprint density at radius 3 is 1.39 bits per heavy atom. The Hall–Kier alpha value is -6.52. The minimum Gasteiger partial charge on any atom is -0.512 e. The van der Waals surface area contributed by atoms with E-state index in [-0.39, 0.29) is 31.6 Å². The van der Waals surface area contributed by atoms with Crippen molar-refractivity contribution in [3.8, 4) is 78.1 Å². The first-order chi connectivity index (χ1) is 27.5. The molecule has 6 aromatic carbocycles. The van der Waals surface area contributed by atoms with Crippen LogP contribution in [0.4, 0.5) is 0 Å². The van der Waals surface area contributed by atoms with E-state index in [1.807, 2.05) is 73.1 Å². The zero-order valence-electron chi connectivity index (χ0n) is 31.3. The van der Waals surface area contributed by atoms with Crippen LogP contribution in [0.5, 0.6) is 0 Å². The Bertz CT molecular complexity index is 2510. The van der Waals surface area contributed by atoms with Crippen molar-refractivity contribution in [2.24, 2.45) is 0 Å². The van der Waals surface area contributed by atoms with E-state index in [4.69, 9.17) is 9.97 Å². The molecule has 2 aromatic heterocycles. The number of rotatable bonds is 11. The van der Waals surface area contributed by atoms with Gasteiger partial charge in [-0.15, -0.1) is 71.8 Å². The molecule has 0 unspecified atom stereocenters. The molecule has 57 heavy (non-hydrogen) atoms. The van der Waals surface area contributed by atoms with Crippen LogP contribution in [-0.4, -0.2) is 20.9 Å². The summed E-state index contributed by atoms with van der Waals surface area (Å²) in [5.74, 6) is -0.0869. The van der Waals surface area contributed by atoms with Gasteiger partial charge in [0, 0.05) is 45.0 Å². The quantitative estimate of drug-likeness (QED) is 0.0798. The van der Waals surface area contributed by atoms with Gasteiger partial charge in [-0.25, -0.2) is 0 Å². The summed E-state index contributed by atoms with van der Waals surface area (Å²) in [5.41, 5.74) is 15.2. The molecule has 279 valence electrons. The SMILES string of the molecule is CC(O)=CC(=O)CCc1ccccc1-c1cc(-c2ccccc2-c2ccc(-c3[c-]cccc3)nc2)cc(-c2ccccc2-c2ccc(-c3[c-]cccc3)nc2)c1.[Ir]. The van der Waals surface area contributed by atoms with Crippen molar-refractivity contribution in [3.63, 3.8) is 0 Å². The first-order valence-electron chi connectivity index (χ1n) is 18.7. The number of aliphatic hydroxyl groups excluding tert-OH is 1. The van der Waals surface area contributed by atoms with Gasteiger partial charge < -0.3 is 15.1 Å². The minimum absolute atomic E-state index is 0. The van der Waals surface area contributed by atoms with Crippen molar-refractivity contribution in [3.05, 3.63) is 206 Å². The van der Waals surface area contributed by atoms with Crippen LogP contribution in [0.15, 0.2) is 188 Å². The molecule has 5 heteroatoms. The number of hydrogen-bond donors (Lipinski definition) is 1. The Morgan fingerprint density at radius 1 is 0.544 bits per heavy atom. The molecule has 0 aliphatic heterocycles. The second-order valence-electron chi connectivity index (χ2n) is 13.7. The summed E-state index contributed by atoms with van der Waals surface area (Å²) >= 11 is 0. The van der Waals surface area contributed by atoms with Crippen LogP contribution in [0.25, 0.3) is 78.1 Å². The first-order valence-corrected chi connectivity index (χ1v) is 18.7. The normalized spacial score (nSPS) is 11.1. The Balaban J connectivity index is 0.00000496. The van der Waals surface area contributed by atoms with Gasteiger partial charge in [-0.3, -0.25) is 4.79 Å². The van der Waals surface area contributed by atoms with E-state index in [1.165, 1.54) is 13.0 Å². The molecular formula is C52H38IrN2O2-2. The number of pyridine rings is 2. The monoisotopic (exact) mass is 915 g/mol. The standard InChI is InChI=1S/C52H38N2O2.Ir/c1-36(55)30-45(56)27-24-37-14-8-9-19-46(37)42-31-43(49-22-12-10-20-47(49)40-25-28-51(53-34-40)38-15-4-2-5-16-38)33-44(32-42)50-23-13-11-21-48(50)41-26-29-52(54-35-41)39-17-6-3-7-18-39;/h2-15,17,19-23,25-26,28-35,55H,24,27H2,1H3;/q-2;. The van der Waals surface area contributed by atoms with Gasteiger partial charge in [-0.1, -0.05) is 97.1 Å². The van der Waals surface area contributed by atoms with Crippen LogP contribution in [0.3, 0.4) is 0 Å². The van der Waals surface area contributed by atoms with E-state index >= 15 is 0 Å². The third-order valence-electron chi connectivity index (χ3n) is 9.87. The molecule has 0 aliphatic rings. The fraction of sp³-hybridized carbons (Fsp3) is 0.0577. The predicted molar refractivity (Wildman–Crippen MR) is 227 cm³/mol. The van der Waals surface area contributed by atoms with Gasteiger partial charge in [-0.2, -0.15) is 0 Å². The third-order valence-corrected chi connectivity index (χ3v) is 9.87. The maximum absolute atomic E-state index is 12.7. The summed E-state index contributed by atoms with van der Waals surface area (Å²) in [6.07, 6.45) is 6.01. The predicted octanol–water partition coefficient (Wildman–Crippen LogP) is 12.7. The van der Waals surface area contributed by atoms with Crippen LogP contribution < -0.4 is 0 Å². The Kier molecular flexibility index (Phi) is 12.2. The minimum atomic E-state index is -0.105. The molecule has 0 spiro atoms. The number of aliphatic hydroxyl groups is 1. The first kappa shape index (κ1) is 38.7. The van der Waals surface area contributed by atoms with Crippen LogP contribution in [0.2, 0.25) is 0 Å². The number of carbonyl (C=O) groups excluding carboxylic acids is 1. The van der Waals surface area contributed by atoms with E-state index < -0.39 is 0 Å². The molecule has 2 heterocycles. The summed E-state index contributed by atoms with van der Waals surface area (Å²) < 4.78 is 0. The van der Waals surface area contributed by atoms with Crippen molar-refractivity contribution < 1.29 is 30.0 Å². The summed E-state index contributed by atoms with van der Waals surface area (Å²) in [6.45, 7) is 1.52. The molecule has 8 aromatic rings. The average molecular weight is 915 g/mol. The van der Waals surface area contributed by atoms with Crippen molar-refractivity contribution in [1.82, 2.24) is 9.97 Å². The summed E-state index contributed by atoms with van der Waals surface area (Å²) in [5, 5.41) is 9.70. The Labute approximate surface area is 347 Å². The molecule has 0 atom stereocenters. The number of aromatic nitrogens is 2. The topological polar surface area (TPSA) is 63.1 Å². The van der Waals surface area contributed by atoms with Gasteiger partial charge in [0.25, 0.3) is 0 Å². The van der Waals surface area contributed by atoms with Crippen molar-refractivity contribution >= 4 is 5.78 Å². The maximum atomic E-state index is 12.7. The second kappa shape index (κ2) is 18.0. The second-order valence-corrected chi connectivity index (χ2v) is 13.7. The van der Waals surface area contributed by atoms with E-state index in [0.717, 1.165) is 83.7 Å². The number of aryl methyl sites for hydroxylation is 1. The number of allylic oxidation sites excluding steroid dienone is 2. The van der Waals surface area contributed by atoms with Gasteiger partial charge in [0.15, 0.2) is 5.78 Å². The maximum Gasteiger partial charge on any atom is 0.159 e. The molecule has 4 nitrogen and oxygen atoms in total. The largest absolute Gasteiger partial charge is 0.512 e. The van der Waals surface area contributed by atoms with Crippen molar-refractivity contribution in [2.75, 3.05) is 0 Å². The third kappa shape index (κ3) is 8.98. The van der Waals surface area contributed by atoms with Crippen LogP contribution in [0.1, 0.15) is 18.9 Å². The fourth-order valence-electron chi connectivity index (χ4n) is 7.18. The zero-order valence-corrected chi connectivity index (χ0v) is 33.7. The van der Waals surface area contributed by atoms with Gasteiger partial charge in [0.1, 0.15) is 0 Å². The Morgan fingerprint density at radius 2 is 0.965 bits per heavy atom. The molecule has 0 saturated heterocycles. The fourth-order valence-corrected chi connectivity index (χ4v) is 7.18. The van der Waals surface area contributed by atoms with Gasteiger partial charge in [0.05, 0.1) is 5.76 Å². The van der Waals surface area contributed by atoms with Gasteiger partial charge in [-0.05, 0) is 104 Å².